The van der Waals surface area contributed by atoms with Gasteiger partial charge < -0.3 is 0 Å². The molecule has 2 rings (SSSR count). The smallest absolute Gasteiger partial charge is 0.0558 e. The summed E-state index contributed by atoms with van der Waals surface area (Å²) >= 11 is 13.9. The van der Waals surface area contributed by atoms with Crippen LogP contribution in [0.25, 0.3) is 0 Å². The second-order valence-corrected chi connectivity index (χ2v) is 5.85. The number of alkyl halides is 1. The minimum Gasteiger partial charge on any atom is -0.296 e. The van der Waals surface area contributed by atoms with Gasteiger partial charge in [-0.15, -0.1) is 22.9 Å². The van der Waals surface area contributed by atoms with E-state index in [0.717, 1.165) is 24.7 Å². The SMILES string of the molecule is CC1CN(Cc2sccc2Cl)CC1Cl. The third-order valence-corrected chi connectivity index (χ3v) is 4.59. The van der Waals surface area contributed by atoms with Crippen LogP contribution in [0.3, 0.4) is 0 Å². The zero-order valence-corrected chi connectivity index (χ0v) is 10.4. The highest BCUT2D eigenvalue weighted by atomic mass is 35.5. The largest absolute Gasteiger partial charge is 0.296 e. The molecule has 2 heterocycles. The standard InChI is InChI=1S/C10H13Cl2NS/c1-7-4-13(5-9(7)12)6-10-8(11)2-3-14-10/h2-3,7,9H,4-6H2,1H3. The quantitative estimate of drug-likeness (QED) is 0.726. The Morgan fingerprint density at radius 1 is 1.57 bits per heavy atom. The molecule has 1 saturated heterocycles. The maximum Gasteiger partial charge on any atom is 0.0558 e. The van der Waals surface area contributed by atoms with E-state index in [1.165, 1.54) is 4.88 Å². The van der Waals surface area contributed by atoms with E-state index in [-0.39, 0.29) is 0 Å². The van der Waals surface area contributed by atoms with Crippen molar-refractivity contribution >= 4 is 34.5 Å². The van der Waals surface area contributed by atoms with E-state index in [1.54, 1.807) is 11.3 Å². The molecule has 0 bridgehead atoms. The third-order valence-electron chi connectivity index (χ3n) is 2.65. The van der Waals surface area contributed by atoms with Crippen LogP contribution in [0.2, 0.25) is 5.02 Å². The Kier molecular flexibility index (Phi) is 3.38. The van der Waals surface area contributed by atoms with Gasteiger partial charge in [0, 0.05) is 24.5 Å². The minimum atomic E-state index is 0.300. The van der Waals surface area contributed by atoms with Gasteiger partial charge in [-0.1, -0.05) is 18.5 Å². The number of halogens is 2. The lowest BCUT2D eigenvalue weighted by atomic mass is 10.2. The highest BCUT2D eigenvalue weighted by molar-refractivity contribution is 7.10. The summed E-state index contributed by atoms with van der Waals surface area (Å²) in [6, 6.07) is 1.96. The molecule has 1 aromatic rings. The molecule has 0 radical (unpaired) electrons. The second kappa shape index (κ2) is 4.40. The minimum absolute atomic E-state index is 0.300. The van der Waals surface area contributed by atoms with Crippen LogP contribution in [0.15, 0.2) is 11.4 Å². The zero-order valence-electron chi connectivity index (χ0n) is 8.04. The predicted octanol–water partition coefficient (Wildman–Crippen LogP) is 3.46. The highest BCUT2D eigenvalue weighted by Gasteiger charge is 2.28. The first-order valence-corrected chi connectivity index (χ1v) is 6.44. The van der Waals surface area contributed by atoms with Crippen molar-refractivity contribution < 1.29 is 0 Å². The molecule has 0 aromatic carbocycles. The Morgan fingerprint density at radius 2 is 2.36 bits per heavy atom. The van der Waals surface area contributed by atoms with Gasteiger partial charge in [0.15, 0.2) is 0 Å². The number of nitrogens with zero attached hydrogens (tertiary/aromatic N) is 1. The average Bonchev–Trinajstić information content (AvgIpc) is 2.63. The molecule has 4 heteroatoms. The Hall–Kier alpha value is 0.240. The lowest BCUT2D eigenvalue weighted by molar-refractivity contribution is 0.323. The summed E-state index contributed by atoms with van der Waals surface area (Å²) in [5, 5.41) is 3.23. The van der Waals surface area contributed by atoms with Crippen molar-refractivity contribution in [2.45, 2.75) is 18.8 Å². The van der Waals surface area contributed by atoms with E-state index in [0.29, 0.717) is 11.3 Å². The maximum atomic E-state index is 6.17. The molecule has 0 N–H and O–H groups in total. The molecule has 1 aliphatic rings. The van der Waals surface area contributed by atoms with E-state index in [2.05, 4.69) is 11.8 Å². The van der Waals surface area contributed by atoms with Crippen LogP contribution in [0.1, 0.15) is 11.8 Å². The van der Waals surface area contributed by atoms with Gasteiger partial charge in [0.05, 0.1) is 10.4 Å². The summed E-state index contributed by atoms with van der Waals surface area (Å²) < 4.78 is 0. The van der Waals surface area contributed by atoms with Crippen LogP contribution in [-0.2, 0) is 6.54 Å². The van der Waals surface area contributed by atoms with Gasteiger partial charge in [-0.3, -0.25) is 4.90 Å². The van der Waals surface area contributed by atoms with Gasteiger partial charge in [0.1, 0.15) is 0 Å². The van der Waals surface area contributed by atoms with Crippen LogP contribution in [0, 0.1) is 5.92 Å². The lowest BCUT2D eigenvalue weighted by Crippen LogP contribution is -2.19. The third kappa shape index (κ3) is 2.25. The molecule has 1 aliphatic heterocycles. The molecule has 0 saturated carbocycles. The van der Waals surface area contributed by atoms with Crippen LogP contribution >= 0.6 is 34.5 Å². The summed E-state index contributed by atoms with van der Waals surface area (Å²) in [6.07, 6.45) is 0. The normalized spacial score (nSPS) is 28.5. The Balaban J connectivity index is 1.97. The molecule has 0 spiro atoms. The van der Waals surface area contributed by atoms with Crippen molar-refractivity contribution in [1.29, 1.82) is 0 Å². The van der Waals surface area contributed by atoms with Crippen molar-refractivity contribution in [1.82, 2.24) is 4.90 Å². The van der Waals surface area contributed by atoms with E-state index in [9.17, 15) is 0 Å². The summed E-state index contributed by atoms with van der Waals surface area (Å²) in [5.74, 6) is 0.593. The number of hydrogen-bond donors (Lipinski definition) is 0. The number of likely N-dealkylation sites (tertiary alicyclic amines) is 1. The number of rotatable bonds is 2. The fourth-order valence-electron chi connectivity index (χ4n) is 1.79. The van der Waals surface area contributed by atoms with Crippen LogP contribution in [0.4, 0.5) is 0 Å². The fraction of sp³-hybridized carbons (Fsp3) is 0.600. The predicted molar refractivity (Wildman–Crippen MR) is 63.4 cm³/mol. The second-order valence-electron chi connectivity index (χ2n) is 3.88. The van der Waals surface area contributed by atoms with Crippen LogP contribution in [-0.4, -0.2) is 23.4 Å². The highest BCUT2D eigenvalue weighted by Crippen LogP contribution is 2.28. The summed E-state index contributed by atoms with van der Waals surface area (Å²) in [7, 11) is 0. The van der Waals surface area contributed by atoms with Crippen molar-refractivity contribution in [3.8, 4) is 0 Å². The summed E-state index contributed by atoms with van der Waals surface area (Å²) in [4.78, 5) is 3.63. The zero-order chi connectivity index (χ0) is 10.1. The van der Waals surface area contributed by atoms with E-state index >= 15 is 0 Å². The molecule has 1 aromatic heterocycles. The topological polar surface area (TPSA) is 3.24 Å². The molecular weight excluding hydrogens is 237 g/mol. The first-order valence-electron chi connectivity index (χ1n) is 4.75. The van der Waals surface area contributed by atoms with Crippen molar-refractivity contribution in [3.63, 3.8) is 0 Å². The van der Waals surface area contributed by atoms with Crippen molar-refractivity contribution in [2.75, 3.05) is 13.1 Å². The maximum absolute atomic E-state index is 6.17. The van der Waals surface area contributed by atoms with E-state index in [1.807, 2.05) is 11.4 Å². The molecule has 2 atom stereocenters. The van der Waals surface area contributed by atoms with Gasteiger partial charge in [-0.2, -0.15) is 0 Å². The van der Waals surface area contributed by atoms with Gasteiger partial charge in [-0.05, 0) is 17.4 Å². The number of hydrogen-bond acceptors (Lipinski definition) is 2. The Bertz CT molecular complexity index is 303. The molecule has 2 unspecified atom stereocenters. The first kappa shape index (κ1) is 10.7. The number of thiophene rings is 1. The summed E-state index contributed by atoms with van der Waals surface area (Å²) in [5.41, 5.74) is 0. The lowest BCUT2D eigenvalue weighted by Gasteiger charge is -2.13. The molecule has 14 heavy (non-hydrogen) atoms. The molecular formula is C10H13Cl2NS. The van der Waals surface area contributed by atoms with Gasteiger partial charge in [-0.25, -0.2) is 0 Å². The van der Waals surface area contributed by atoms with Gasteiger partial charge in [0.25, 0.3) is 0 Å². The Morgan fingerprint density at radius 3 is 2.86 bits per heavy atom. The monoisotopic (exact) mass is 249 g/mol. The van der Waals surface area contributed by atoms with Crippen molar-refractivity contribution in [2.24, 2.45) is 5.92 Å². The van der Waals surface area contributed by atoms with E-state index in [4.69, 9.17) is 23.2 Å². The summed E-state index contributed by atoms with van der Waals surface area (Å²) in [6.45, 7) is 5.22. The Labute approximate surface area is 98.6 Å². The fourth-order valence-corrected chi connectivity index (χ4v) is 3.20. The van der Waals surface area contributed by atoms with Gasteiger partial charge >= 0.3 is 0 Å². The molecule has 1 nitrogen and oxygen atoms in total. The molecule has 0 aliphatic carbocycles. The molecule has 1 fully saturated rings. The van der Waals surface area contributed by atoms with Crippen LogP contribution in [0.5, 0.6) is 0 Å². The van der Waals surface area contributed by atoms with E-state index < -0.39 is 0 Å². The first-order chi connectivity index (χ1) is 6.66. The molecule has 0 amide bonds. The van der Waals surface area contributed by atoms with Crippen molar-refractivity contribution in [3.05, 3.63) is 21.3 Å². The van der Waals surface area contributed by atoms with Gasteiger partial charge in [0.2, 0.25) is 0 Å². The molecule has 78 valence electrons. The average molecular weight is 250 g/mol. The van der Waals surface area contributed by atoms with Crippen LogP contribution < -0.4 is 0 Å².